The number of aromatic nitrogens is 1. The molecule has 0 aliphatic rings. The van der Waals surface area contributed by atoms with E-state index in [1.165, 1.54) is 11.3 Å². The predicted molar refractivity (Wildman–Crippen MR) is 56.4 cm³/mol. The standard InChI is InChI=1S/C9H6ClNO2S/c1-13-6-3-11-4-8-5(6)2-7(14-8)9(10)12/h2-4H,1H3. The van der Waals surface area contributed by atoms with Gasteiger partial charge in [0.1, 0.15) is 5.75 Å². The Morgan fingerprint density at radius 2 is 2.36 bits per heavy atom. The maximum Gasteiger partial charge on any atom is 0.262 e. The zero-order valence-electron chi connectivity index (χ0n) is 7.28. The lowest BCUT2D eigenvalue weighted by Crippen LogP contribution is -1.83. The van der Waals surface area contributed by atoms with Gasteiger partial charge in [-0.05, 0) is 17.7 Å². The second-order valence-corrected chi connectivity index (χ2v) is 4.06. The molecule has 2 aromatic heterocycles. The van der Waals surface area contributed by atoms with Crippen LogP contribution in [0.25, 0.3) is 10.1 Å². The second-order valence-electron chi connectivity index (χ2n) is 2.64. The van der Waals surface area contributed by atoms with E-state index < -0.39 is 5.24 Å². The molecule has 2 aromatic rings. The van der Waals surface area contributed by atoms with Crippen LogP contribution in [0.4, 0.5) is 0 Å². The van der Waals surface area contributed by atoms with E-state index in [0.29, 0.717) is 10.6 Å². The lowest BCUT2D eigenvalue weighted by Gasteiger charge is -1.98. The summed E-state index contributed by atoms with van der Waals surface area (Å²) >= 11 is 6.69. The number of carbonyl (C=O) groups excluding carboxylic acids is 1. The molecule has 0 saturated carbocycles. The van der Waals surface area contributed by atoms with Crippen molar-refractivity contribution >= 4 is 38.3 Å². The highest BCUT2D eigenvalue weighted by Gasteiger charge is 2.10. The van der Waals surface area contributed by atoms with Gasteiger partial charge in [-0.2, -0.15) is 0 Å². The summed E-state index contributed by atoms with van der Waals surface area (Å²) in [6.07, 6.45) is 3.30. The Hall–Kier alpha value is -1.13. The second kappa shape index (κ2) is 3.55. The minimum atomic E-state index is -0.451. The average molecular weight is 228 g/mol. The van der Waals surface area contributed by atoms with Crippen molar-refractivity contribution in [1.82, 2.24) is 4.98 Å². The summed E-state index contributed by atoms with van der Waals surface area (Å²) in [7, 11) is 1.57. The van der Waals surface area contributed by atoms with Gasteiger partial charge in [0.05, 0.1) is 22.9 Å². The van der Waals surface area contributed by atoms with Crippen LogP contribution in [0.15, 0.2) is 18.5 Å². The number of thiophene rings is 1. The molecule has 14 heavy (non-hydrogen) atoms. The Labute approximate surface area is 89.3 Å². The van der Waals surface area contributed by atoms with Crippen molar-refractivity contribution in [2.75, 3.05) is 7.11 Å². The molecule has 0 saturated heterocycles. The van der Waals surface area contributed by atoms with Crippen LogP contribution in [-0.2, 0) is 0 Å². The normalized spacial score (nSPS) is 10.4. The van der Waals surface area contributed by atoms with Crippen molar-refractivity contribution in [2.24, 2.45) is 0 Å². The minimum absolute atomic E-state index is 0.451. The van der Waals surface area contributed by atoms with Crippen molar-refractivity contribution in [3.63, 3.8) is 0 Å². The Morgan fingerprint density at radius 3 is 3.00 bits per heavy atom. The SMILES string of the molecule is COc1cncc2sc(C(=O)Cl)cc12. The Morgan fingerprint density at radius 1 is 1.57 bits per heavy atom. The van der Waals surface area contributed by atoms with Crippen LogP contribution in [0.2, 0.25) is 0 Å². The molecule has 0 aliphatic carbocycles. The highest BCUT2D eigenvalue weighted by Crippen LogP contribution is 2.32. The van der Waals surface area contributed by atoms with Crippen LogP contribution >= 0.6 is 22.9 Å². The molecule has 0 unspecified atom stereocenters. The van der Waals surface area contributed by atoms with Gasteiger partial charge in [-0.25, -0.2) is 0 Å². The number of hydrogen-bond donors (Lipinski definition) is 0. The van der Waals surface area contributed by atoms with Crippen LogP contribution in [0.5, 0.6) is 5.75 Å². The Kier molecular flexibility index (Phi) is 2.39. The Balaban J connectivity index is 2.70. The van der Waals surface area contributed by atoms with Crippen molar-refractivity contribution in [2.45, 2.75) is 0 Å². The summed E-state index contributed by atoms with van der Waals surface area (Å²) in [5, 5.41) is 0.421. The predicted octanol–water partition coefficient (Wildman–Crippen LogP) is 2.68. The molecule has 0 spiro atoms. The third-order valence-electron chi connectivity index (χ3n) is 1.82. The molecule has 2 heterocycles. The third-order valence-corrected chi connectivity index (χ3v) is 3.21. The largest absolute Gasteiger partial charge is 0.494 e. The average Bonchev–Trinajstić information content (AvgIpc) is 2.60. The molecule has 5 heteroatoms. The lowest BCUT2D eigenvalue weighted by molar-refractivity contribution is 0.108. The number of carbonyl (C=O) groups is 1. The fourth-order valence-corrected chi connectivity index (χ4v) is 2.24. The van der Waals surface area contributed by atoms with Crippen molar-refractivity contribution in [3.05, 3.63) is 23.3 Å². The van der Waals surface area contributed by atoms with E-state index in [-0.39, 0.29) is 0 Å². The van der Waals surface area contributed by atoms with Gasteiger partial charge in [0.25, 0.3) is 5.24 Å². The summed E-state index contributed by atoms with van der Waals surface area (Å²) in [6.45, 7) is 0. The summed E-state index contributed by atoms with van der Waals surface area (Å²) < 4.78 is 6.01. The van der Waals surface area contributed by atoms with Crippen LogP contribution in [0, 0.1) is 0 Å². The van der Waals surface area contributed by atoms with Gasteiger partial charge in [0.15, 0.2) is 0 Å². The van der Waals surface area contributed by atoms with Crippen molar-refractivity contribution in [1.29, 1.82) is 0 Å². The molecule has 0 radical (unpaired) electrons. The zero-order valence-corrected chi connectivity index (χ0v) is 8.85. The van der Waals surface area contributed by atoms with Gasteiger partial charge in [-0.15, -0.1) is 11.3 Å². The van der Waals surface area contributed by atoms with E-state index in [2.05, 4.69) is 4.98 Å². The lowest BCUT2D eigenvalue weighted by atomic mass is 10.3. The maximum absolute atomic E-state index is 10.9. The van der Waals surface area contributed by atoms with Gasteiger partial charge < -0.3 is 4.74 Å². The molecular weight excluding hydrogens is 222 g/mol. The number of halogens is 1. The maximum atomic E-state index is 10.9. The van der Waals surface area contributed by atoms with Crippen LogP contribution in [0.1, 0.15) is 9.67 Å². The minimum Gasteiger partial charge on any atom is -0.494 e. The number of methoxy groups -OCH3 is 1. The summed E-state index contributed by atoms with van der Waals surface area (Å²) in [4.78, 5) is 15.4. The van der Waals surface area contributed by atoms with Gasteiger partial charge in [-0.3, -0.25) is 9.78 Å². The van der Waals surface area contributed by atoms with Gasteiger partial charge >= 0.3 is 0 Å². The summed E-state index contributed by atoms with van der Waals surface area (Å²) in [5.41, 5.74) is 0. The quantitative estimate of drug-likeness (QED) is 0.741. The van der Waals surface area contributed by atoms with E-state index in [9.17, 15) is 4.79 Å². The van der Waals surface area contributed by atoms with Crippen molar-refractivity contribution in [3.8, 4) is 5.75 Å². The van der Waals surface area contributed by atoms with E-state index in [4.69, 9.17) is 16.3 Å². The van der Waals surface area contributed by atoms with Crippen LogP contribution in [-0.4, -0.2) is 17.3 Å². The Bertz CT molecular complexity index is 495. The molecule has 0 bridgehead atoms. The number of fused-ring (bicyclic) bond motifs is 1. The smallest absolute Gasteiger partial charge is 0.262 e. The summed E-state index contributed by atoms with van der Waals surface area (Å²) in [5.74, 6) is 0.655. The van der Waals surface area contributed by atoms with Crippen LogP contribution < -0.4 is 4.74 Å². The monoisotopic (exact) mass is 227 g/mol. The molecule has 0 N–H and O–H groups in total. The fraction of sp³-hybridized carbons (Fsp3) is 0.111. The zero-order chi connectivity index (χ0) is 10.1. The molecule has 2 rings (SSSR count). The number of hydrogen-bond acceptors (Lipinski definition) is 4. The molecule has 0 amide bonds. The highest BCUT2D eigenvalue weighted by molar-refractivity contribution is 7.22. The van der Waals surface area contributed by atoms with E-state index in [0.717, 1.165) is 10.1 Å². The molecule has 72 valence electrons. The van der Waals surface area contributed by atoms with Crippen LogP contribution in [0.3, 0.4) is 0 Å². The first-order chi connectivity index (χ1) is 6.72. The first-order valence-corrected chi connectivity index (χ1v) is 5.03. The van der Waals surface area contributed by atoms with Crippen molar-refractivity contribution < 1.29 is 9.53 Å². The first-order valence-electron chi connectivity index (χ1n) is 3.83. The van der Waals surface area contributed by atoms with Gasteiger partial charge in [0, 0.05) is 11.6 Å². The number of ether oxygens (including phenoxy) is 1. The number of rotatable bonds is 2. The highest BCUT2D eigenvalue weighted by atomic mass is 35.5. The topological polar surface area (TPSA) is 39.2 Å². The first kappa shape index (κ1) is 9.43. The van der Waals surface area contributed by atoms with Gasteiger partial charge in [0.2, 0.25) is 0 Å². The fourth-order valence-electron chi connectivity index (χ4n) is 1.20. The molecular formula is C9H6ClNO2S. The molecule has 0 aliphatic heterocycles. The van der Waals surface area contributed by atoms with E-state index in [1.54, 1.807) is 25.6 Å². The molecule has 0 aromatic carbocycles. The number of nitrogens with zero attached hydrogens (tertiary/aromatic N) is 1. The molecule has 3 nitrogen and oxygen atoms in total. The van der Waals surface area contributed by atoms with E-state index in [1.807, 2.05) is 0 Å². The van der Waals surface area contributed by atoms with E-state index >= 15 is 0 Å². The molecule has 0 fully saturated rings. The third kappa shape index (κ3) is 1.47. The summed E-state index contributed by atoms with van der Waals surface area (Å²) in [6, 6.07) is 1.72. The molecule has 0 atom stereocenters. The van der Waals surface area contributed by atoms with Gasteiger partial charge in [-0.1, -0.05) is 0 Å². The number of pyridine rings is 1.